The topological polar surface area (TPSA) is 112 Å². The Bertz CT molecular complexity index is 940. The lowest BCUT2D eigenvalue weighted by molar-refractivity contribution is -0.150. The summed E-state index contributed by atoms with van der Waals surface area (Å²) < 4.78 is 5.41. The minimum atomic E-state index is -1.18. The highest BCUT2D eigenvalue weighted by Crippen LogP contribution is 2.41. The minimum absolute atomic E-state index is 0.0793. The van der Waals surface area contributed by atoms with E-state index in [1.54, 1.807) is 0 Å². The van der Waals surface area contributed by atoms with Crippen LogP contribution in [0.3, 0.4) is 0 Å². The second-order valence-corrected chi connectivity index (χ2v) is 9.83. The van der Waals surface area contributed by atoms with Crippen LogP contribution in [0, 0.1) is 0 Å². The van der Waals surface area contributed by atoms with E-state index >= 15 is 0 Å². The molecule has 2 amide bonds. The molecule has 0 aromatic carbocycles. The van der Waals surface area contributed by atoms with Crippen molar-refractivity contribution in [1.82, 2.24) is 15.1 Å². The molecule has 11 heteroatoms. The molecule has 4 rings (SSSR count). The summed E-state index contributed by atoms with van der Waals surface area (Å²) in [6.07, 6.45) is 1.80. The maximum atomic E-state index is 12.8. The monoisotopic (exact) mass is 478 g/mol. The van der Waals surface area contributed by atoms with Crippen LogP contribution < -0.4 is 5.32 Å². The Hall–Kier alpha value is -2.37. The zero-order valence-electron chi connectivity index (χ0n) is 17.8. The third kappa shape index (κ3) is 4.69. The van der Waals surface area contributed by atoms with Gasteiger partial charge in [-0.2, -0.15) is 0 Å². The zero-order valence-corrected chi connectivity index (χ0v) is 19.4. The lowest BCUT2D eigenvalue weighted by atomic mass is 10.0. The molecule has 172 valence electrons. The molecule has 3 aliphatic rings. The van der Waals surface area contributed by atoms with E-state index in [-0.39, 0.29) is 18.0 Å². The third-order valence-electron chi connectivity index (χ3n) is 5.50. The molecule has 4 heterocycles. The van der Waals surface area contributed by atoms with Gasteiger partial charge in [-0.3, -0.25) is 14.5 Å². The van der Waals surface area contributed by atoms with Crippen LogP contribution in [0.2, 0.25) is 0 Å². The van der Waals surface area contributed by atoms with Gasteiger partial charge in [0.1, 0.15) is 17.3 Å². The van der Waals surface area contributed by atoms with Crippen molar-refractivity contribution in [2.24, 2.45) is 4.99 Å². The molecule has 9 nitrogen and oxygen atoms in total. The average molecular weight is 479 g/mol. The smallest absolute Gasteiger partial charge is 0.354 e. The van der Waals surface area contributed by atoms with Crippen molar-refractivity contribution in [1.29, 1.82) is 0 Å². The van der Waals surface area contributed by atoms with E-state index in [4.69, 9.17) is 9.73 Å². The molecule has 0 spiro atoms. The molecule has 3 aliphatic heterocycles. The highest BCUT2D eigenvalue weighted by molar-refractivity contribution is 8.00. The van der Waals surface area contributed by atoms with Crippen molar-refractivity contribution in [2.45, 2.75) is 37.6 Å². The second-order valence-electron chi connectivity index (χ2n) is 7.69. The van der Waals surface area contributed by atoms with E-state index in [2.05, 4.69) is 17.1 Å². The molecule has 2 fully saturated rings. The van der Waals surface area contributed by atoms with Crippen LogP contribution in [-0.2, 0) is 25.5 Å². The predicted molar refractivity (Wildman–Crippen MR) is 122 cm³/mol. The Kier molecular flexibility index (Phi) is 7.17. The Labute approximate surface area is 194 Å². The number of carbonyl (C=O) groups excluding carboxylic acids is 2. The molecule has 1 aromatic heterocycles. The SMILES string of the molecule is CCCC(=NC1=C(C(=O)O)N2C(=O)[C@@H](NC(=O)Cc3cccs3)[C@H]2SC1)N1CCOCC1. The fourth-order valence-electron chi connectivity index (χ4n) is 3.97. The highest BCUT2D eigenvalue weighted by atomic mass is 32.2. The number of morpholine rings is 1. The van der Waals surface area contributed by atoms with Gasteiger partial charge in [-0.15, -0.1) is 23.1 Å². The number of ether oxygens (including phenoxy) is 1. The molecule has 32 heavy (non-hydrogen) atoms. The molecule has 0 saturated carbocycles. The summed E-state index contributed by atoms with van der Waals surface area (Å²) in [6.45, 7) is 4.71. The number of nitrogens with one attached hydrogen (secondary N) is 1. The third-order valence-corrected chi connectivity index (χ3v) is 7.64. The van der Waals surface area contributed by atoms with E-state index in [0.717, 1.165) is 23.6 Å². The largest absolute Gasteiger partial charge is 0.477 e. The van der Waals surface area contributed by atoms with E-state index in [0.29, 0.717) is 37.8 Å². The van der Waals surface area contributed by atoms with Crippen molar-refractivity contribution in [3.8, 4) is 0 Å². The standard InChI is InChI=1S/C21H26N4O5S2/c1-2-4-15(24-6-8-30-9-7-24)22-14-12-32-20-17(19(27)25(20)18(14)21(28)29)23-16(26)11-13-5-3-10-31-13/h3,5,10,17,20H,2,4,6-9,11-12H2,1H3,(H,23,26)(H,28,29)/t17-,20-/m1/s1. The van der Waals surface area contributed by atoms with Gasteiger partial charge in [0.05, 0.1) is 25.3 Å². The number of amides is 2. The predicted octanol–water partition coefficient (Wildman–Crippen LogP) is 1.52. The quantitative estimate of drug-likeness (QED) is 0.347. The number of aliphatic carboxylic acids is 1. The highest BCUT2D eigenvalue weighted by Gasteiger charge is 2.54. The fourth-order valence-corrected chi connectivity index (χ4v) is 5.94. The first kappa shape index (κ1) is 22.8. The lowest BCUT2D eigenvalue weighted by Gasteiger charge is -2.49. The van der Waals surface area contributed by atoms with Gasteiger partial charge in [0.25, 0.3) is 5.91 Å². The van der Waals surface area contributed by atoms with Gasteiger partial charge >= 0.3 is 5.97 Å². The van der Waals surface area contributed by atoms with Gasteiger partial charge in [0, 0.05) is 30.1 Å². The first-order chi connectivity index (χ1) is 15.5. The van der Waals surface area contributed by atoms with Crippen LogP contribution in [0.4, 0.5) is 0 Å². The molecule has 2 saturated heterocycles. The average Bonchev–Trinajstić information content (AvgIpc) is 3.30. The van der Waals surface area contributed by atoms with Crippen molar-refractivity contribution in [2.75, 3.05) is 32.1 Å². The molecular formula is C21H26N4O5S2. The molecule has 2 atom stereocenters. The molecule has 2 N–H and O–H groups in total. The lowest BCUT2D eigenvalue weighted by Crippen LogP contribution is -2.70. The number of fused-ring (bicyclic) bond motifs is 1. The molecular weight excluding hydrogens is 452 g/mol. The normalized spacial score (nSPS) is 23.7. The van der Waals surface area contributed by atoms with E-state index in [9.17, 15) is 19.5 Å². The number of nitrogens with zero attached hydrogens (tertiary/aromatic N) is 3. The number of aliphatic imine (C=N–C) groups is 1. The van der Waals surface area contributed by atoms with Crippen LogP contribution in [0.15, 0.2) is 33.9 Å². The van der Waals surface area contributed by atoms with Crippen molar-refractivity contribution in [3.63, 3.8) is 0 Å². The van der Waals surface area contributed by atoms with Gasteiger partial charge in [-0.1, -0.05) is 13.0 Å². The number of carboxylic acid groups (broad SMARTS) is 1. The number of carboxylic acids is 1. The van der Waals surface area contributed by atoms with Crippen LogP contribution >= 0.6 is 23.1 Å². The Morgan fingerprint density at radius 1 is 1.34 bits per heavy atom. The molecule has 0 bridgehead atoms. The first-order valence-electron chi connectivity index (χ1n) is 10.6. The number of thioether (sulfide) groups is 1. The van der Waals surface area contributed by atoms with Crippen LogP contribution in [-0.4, -0.2) is 82.0 Å². The maximum Gasteiger partial charge on any atom is 0.354 e. The van der Waals surface area contributed by atoms with Crippen molar-refractivity contribution in [3.05, 3.63) is 33.8 Å². The zero-order chi connectivity index (χ0) is 22.7. The second kappa shape index (κ2) is 10.1. The first-order valence-corrected chi connectivity index (χ1v) is 12.6. The van der Waals surface area contributed by atoms with Crippen LogP contribution in [0.1, 0.15) is 24.6 Å². The van der Waals surface area contributed by atoms with Gasteiger partial charge in [-0.05, 0) is 17.9 Å². The summed E-state index contributed by atoms with van der Waals surface area (Å²) in [7, 11) is 0. The summed E-state index contributed by atoms with van der Waals surface area (Å²) in [6, 6.07) is 3.02. The number of carbonyl (C=O) groups is 3. The molecule has 0 aliphatic carbocycles. The Balaban J connectivity index is 1.52. The number of hydrogen-bond donors (Lipinski definition) is 2. The van der Waals surface area contributed by atoms with Crippen LogP contribution in [0.5, 0.6) is 0 Å². The van der Waals surface area contributed by atoms with E-state index in [1.807, 2.05) is 17.5 Å². The summed E-state index contributed by atoms with van der Waals surface area (Å²) in [5.74, 6) is -0.630. The molecule has 1 aromatic rings. The Morgan fingerprint density at radius 2 is 2.12 bits per heavy atom. The number of rotatable bonds is 7. The van der Waals surface area contributed by atoms with Gasteiger partial charge in [0.15, 0.2) is 5.70 Å². The number of thiophene rings is 1. The number of β-lactam (4-membered cyclic amide) rings is 1. The molecule has 0 radical (unpaired) electrons. The summed E-state index contributed by atoms with van der Waals surface area (Å²) >= 11 is 2.91. The molecule has 0 unspecified atom stereocenters. The van der Waals surface area contributed by atoms with Crippen molar-refractivity contribution < 1.29 is 24.2 Å². The summed E-state index contributed by atoms with van der Waals surface area (Å²) in [5, 5.41) is 14.1. The maximum absolute atomic E-state index is 12.8. The fraction of sp³-hybridized carbons (Fsp3) is 0.524. The Morgan fingerprint density at radius 3 is 2.78 bits per heavy atom. The summed E-state index contributed by atoms with van der Waals surface area (Å²) in [5.41, 5.74) is 0.315. The van der Waals surface area contributed by atoms with E-state index in [1.165, 1.54) is 28.0 Å². The van der Waals surface area contributed by atoms with E-state index < -0.39 is 23.3 Å². The van der Waals surface area contributed by atoms with Gasteiger partial charge in [0.2, 0.25) is 5.91 Å². The summed E-state index contributed by atoms with van der Waals surface area (Å²) in [4.78, 5) is 46.3. The minimum Gasteiger partial charge on any atom is -0.477 e. The number of hydrogen-bond acceptors (Lipinski definition) is 7. The van der Waals surface area contributed by atoms with Crippen molar-refractivity contribution >= 4 is 46.7 Å². The van der Waals surface area contributed by atoms with Crippen LogP contribution in [0.25, 0.3) is 0 Å². The van der Waals surface area contributed by atoms with Gasteiger partial charge < -0.3 is 20.1 Å². The number of amidine groups is 1. The van der Waals surface area contributed by atoms with Gasteiger partial charge in [-0.25, -0.2) is 9.79 Å².